The van der Waals surface area contributed by atoms with Gasteiger partial charge in [0.15, 0.2) is 5.78 Å². The van der Waals surface area contributed by atoms with Crippen molar-refractivity contribution < 1.29 is 14.3 Å². The van der Waals surface area contributed by atoms with Gasteiger partial charge in [0.25, 0.3) is 0 Å². The van der Waals surface area contributed by atoms with Crippen molar-refractivity contribution in [1.82, 2.24) is 0 Å². The Hall–Kier alpha value is -4.37. The van der Waals surface area contributed by atoms with Crippen LogP contribution in [0.25, 0.3) is 12.2 Å². The van der Waals surface area contributed by atoms with Crippen LogP contribution in [-0.2, 0) is 4.79 Å². The molecule has 0 atom stereocenters. The van der Waals surface area contributed by atoms with Gasteiger partial charge >= 0.3 is 0 Å². The molecule has 0 spiro atoms. The fraction of sp³-hybridized carbons (Fsp3) is 0. The number of carbonyl (C=O) groups excluding carboxylic acids is 1. The normalized spacial score (nSPS) is 11.0. The van der Waals surface area contributed by atoms with Crippen molar-refractivity contribution in [2.24, 2.45) is 0 Å². The highest BCUT2D eigenvalue weighted by molar-refractivity contribution is 6.04. The molecule has 4 aromatic rings. The van der Waals surface area contributed by atoms with Gasteiger partial charge in [0.1, 0.15) is 23.0 Å². The predicted octanol–water partition coefficient (Wildman–Crippen LogP) is 7.57. The summed E-state index contributed by atoms with van der Waals surface area (Å²) in [4.78, 5) is 12.5. The lowest BCUT2D eigenvalue weighted by atomic mass is 10.1. The fourth-order valence-corrected chi connectivity index (χ4v) is 3.05. The summed E-state index contributed by atoms with van der Waals surface area (Å²) in [6, 6.07) is 34.3. The van der Waals surface area contributed by atoms with Gasteiger partial charge in [-0.25, -0.2) is 0 Å². The van der Waals surface area contributed by atoms with Crippen molar-refractivity contribution in [2.45, 2.75) is 0 Å². The van der Waals surface area contributed by atoms with Crippen molar-refractivity contribution in [2.75, 3.05) is 0 Å². The second-order valence-corrected chi connectivity index (χ2v) is 6.97. The van der Waals surface area contributed by atoms with E-state index in [1.165, 1.54) is 12.2 Å². The number of hydrogen-bond donors (Lipinski definition) is 0. The Morgan fingerprint density at radius 3 is 1.31 bits per heavy atom. The highest BCUT2D eigenvalue weighted by Crippen LogP contribution is 2.27. The maximum Gasteiger partial charge on any atom is 0.178 e. The third-order valence-corrected chi connectivity index (χ3v) is 4.63. The maximum atomic E-state index is 12.5. The third-order valence-electron chi connectivity index (χ3n) is 4.63. The molecule has 4 aromatic carbocycles. The van der Waals surface area contributed by atoms with Crippen LogP contribution >= 0.6 is 0 Å². The molecule has 0 fully saturated rings. The second kappa shape index (κ2) is 10.6. The average Bonchev–Trinajstić information content (AvgIpc) is 2.84. The first-order valence-electron chi connectivity index (χ1n) is 10.3. The van der Waals surface area contributed by atoms with E-state index in [0.29, 0.717) is 11.5 Å². The zero-order chi connectivity index (χ0) is 22.0. The Kier molecular flexibility index (Phi) is 6.92. The van der Waals surface area contributed by atoms with E-state index in [1.807, 2.05) is 109 Å². The van der Waals surface area contributed by atoms with Crippen LogP contribution in [0.5, 0.6) is 23.0 Å². The molecule has 0 aliphatic rings. The van der Waals surface area contributed by atoms with E-state index in [-0.39, 0.29) is 5.78 Å². The molecule has 0 aromatic heterocycles. The molecule has 0 aliphatic heterocycles. The van der Waals surface area contributed by atoms with Gasteiger partial charge in [-0.2, -0.15) is 0 Å². The van der Waals surface area contributed by atoms with Gasteiger partial charge in [-0.15, -0.1) is 0 Å². The smallest absolute Gasteiger partial charge is 0.178 e. The number of para-hydroxylation sites is 4. The third kappa shape index (κ3) is 5.83. The number of hydrogen-bond acceptors (Lipinski definition) is 3. The standard InChI is InChI=1S/C29H22O3/c30-25(21-19-23-11-7-9-17-28(23)31-26-13-3-1-4-14-26)22-20-24-12-8-10-18-29(24)32-27-15-5-2-6-16-27/h1-22H. The van der Waals surface area contributed by atoms with Crippen molar-refractivity contribution >= 4 is 17.9 Å². The minimum atomic E-state index is -0.131. The molecular weight excluding hydrogens is 396 g/mol. The molecule has 4 rings (SSSR count). The van der Waals surface area contributed by atoms with E-state index >= 15 is 0 Å². The number of ether oxygens (including phenoxy) is 2. The van der Waals surface area contributed by atoms with Crippen LogP contribution in [0.2, 0.25) is 0 Å². The van der Waals surface area contributed by atoms with Crippen LogP contribution in [0, 0.1) is 0 Å². The Morgan fingerprint density at radius 2 is 0.875 bits per heavy atom. The van der Waals surface area contributed by atoms with Crippen LogP contribution in [0.15, 0.2) is 121 Å². The highest BCUT2D eigenvalue weighted by Gasteiger charge is 2.04. The number of benzene rings is 4. The van der Waals surface area contributed by atoms with Crippen LogP contribution in [0.4, 0.5) is 0 Å². The summed E-state index contributed by atoms with van der Waals surface area (Å²) in [6.07, 6.45) is 6.59. The summed E-state index contributed by atoms with van der Waals surface area (Å²) in [5.74, 6) is 2.74. The Bertz CT molecular complexity index is 1130. The lowest BCUT2D eigenvalue weighted by Gasteiger charge is -2.08. The summed E-state index contributed by atoms with van der Waals surface area (Å²) in [5, 5.41) is 0. The topological polar surface area (TPSA) is 35.5 Å². The van der Waals surface area contributed by atoms with Crippen LogP contribution in [-0.4, -0.2) is 5.78 Å². The lowest BCUT2D eigenvalue weighted by Crippen LogP contribution is -1.90. The van der Waals surface area contributed by atoms with Crippen molar-refractivity contribution in [1.29, 1.82) is 0 Å². The highest BCUT2D eigenvalue weighted by atomic mass is 16.5. The Balaban J connectivity index is 1.46. The van der Waals surface area contributed by atoms with Crippen molar-refractivity contribution in [3.05, 3.63) is 132 Å². The number of rotatable bonds is 8. The van der Waals surface area contributed by atoms with Gasteiger partial charge in [-0.3, -0.25) is 4.79 Å². The minimum Gasteiger partial charge on any atom is -0.457 e. The summed E-state index contributed by atoms with van der Waals surface area (Å²) in [7, 11) is 0. The molecule has 0 saturated carbocycles. The SMILES string of the molecule is O=C(C=Cc1ccccc1Oc1ccccc1)C=Cc1ccccc1Oc1ccccc1. The van der Waals surface area contributed by atoms with Gasteiger partial charge in [0.05, 0.1) is 0 Å². The minimum absolute atomic E-state index is 0.131. The zero-order valence-corrected chi connectivity index (χ0v) is 17.4. The van der Waals surface area contributed by atoms with E-state index in [4.69, 9.17) is 9.47 Å². The molecule has 0 unspecified atom stereocenters. The van der Waals surface area contributed by atoms with Gasteiger partial charge in [-0.1, -0.05) is 72.8 Å². The molecule has 0 N–H and O–H groups in total. The molecule has 3 heteroatoms. The molecule has 0 bridgehead atoms. The molecule has 0 aliphatic carbocycles. The monoisotopic (exact) mass is 418 g/mol. The van der Waals surface area contributed by atoms with E-state index < -0.39 is 0 Å². The molecule has 32 heavy (non-hydrogen) atoms. The quantitative estimate of drug-likeness (QED) is 0.277. The second-order valence-electron chi connectivity index (χ2n) is 6.97. The Labute approximate surface area is 187 Å². The van der Waals surface area contributed by atoms with E-state index in [1.54, 1.807) is 12.2 Å². The molecule has 156 valence electrons. The van der Waals surface area contributed by atoms with Gasteiger partial charge in [0, 0.05) is 11.1 Å². The van der Waals surface area contributed by atoms with Gasteiger partial charge in [-0.05, 0) is 60.7 Å². The summed E-state index contributed by atoms with van der Waals surface area (Å²) in [5.41, 5.74) is 1.65. The van der Waals surface area contributed by atoms with Crippen LogP contribution in [0.1, 0.15) is 11.1 Å². The largest absolute Gasteiger partial charge is 0.457 e. The molecule has 0 saturated heterocycles. The zero-order valence-electron chi connectivity index (χ0n) is 17.4. The summed E-state index contributed by atoms with van der Waals surface area (Å²) < 4.78 is 11.9. The van der Waals surface area contributed by atoms with E-state index in [0.717, 1.165) is 22.6 Å². The van der Waals surface area contributed by atoms with Crippen LogP contribution < -0.4 is 9.47 Å². The fourth-order valence-electron chi connectivity index (χ4n) is 3.05. The first kappa shape index (κ1) is 20.9. The molecule has 0 amide bonds. The predicted molar refractivity (Wildman–Crippen MR) is 129 cm³/mol. The first-order valence-corrected chi connectivity index (χ1v) is 10.3. The number of ketones is 1. The first-order chi connectivity index (χ1) is 15.8. The molecule has 0 radical (unpaired) electrons. The van der Waals surface area contributed by atoms with Gasteiger partial charge < -0.3 is 9.47 Å². The average molecular weight is 418 g/mol. The molecule has 3 nitrogen and oxygen atoms in total. The number of carbonyl (C=O) groups is 1. The number of allylic oxidation sites excluding steroid dienone is 2. The maximum absolute atomic E-state index is 12.5. The van der Waals surface area contributed by atoms with Crippen molar-refractivity contribution in [3.8, 4) is 23.0 Å². The summed E-state index contributed by atoms with van der Waals surface area (Å²) in [6.45, 7) is 0. The van der Waals surface area contributed by atoms with E-state index in [2.05, 4.69) is 0 Å². The molecule has 0 heterocycles. The van der Waals surface area contributed by atoms with E-state index in [9.17, 15) is 4.79 Å². The summed E-state index contributed by atoms with van der Waals surface area (Å²) >= 11 is 0. The van der Waals surface area contributed by atoms with Gasteiger partial charge in [0.2, 0.25) is 0 Å². The molecular formula is C29H22O3. The van der Waals surface area contributed by atoms with Crippen LogP contribution in [0.3, 0.4) is 0 Å². The lowest BCUT2D eigenvalue weighted by molar-refractivity contribution is -0.110. The van der Waals surface area contributed by atoms with Crippen molar-refractivity contribution in [3.63, 3.8) is 0 Å². The Morgan fingerprint density at radius 1 is 0.500 bits per heavy atom.